The Morgan fingerprint density at radius 1 is 0.935 bits per heavy atom. The second-order valence-corrected chi connectivity index (χ2v) is 9.36. The van der Waals surface area contributed by atoms with Crippen LogP contribution in [0, 0.1) is 0 Å². The largest absolute Gasteiger partial charge is 0.309 e. The number of hydrogen-bond acceptors (Lipinski definition) is 3. The van der Waals surface area contributed by atoms with Crippen molar-refractivity contribution in [3.63, 3.8) is 0 Å². The van der Waals surface area contributed by atoms with Crippen molar-refractivity contribution in [2.24, 2.45) is 0 Å². The van der Waals surface area contributed by atoms with Gasteiger partial charge in [0, 0.05) is 41.7 Å². The van der Waals surface area contributed by atoms with Crippen molar-refractivity contribution < 1.29 is 0 Å². The molecule has 0 bridgehead atoms. The Balaban J connectivity index is 0.00000171. The highest BCUT2D eigenvalue weighted by Gasteiger charge is 2.27. The molecule has 1 atom stereocenters. The molecule has 1 aromatic heterocycles. The lowest BCUT2D eigenvalue weighted by atomic mass is 9.95. The number of aromatic nitrogens is 1. The van der Waals surface area contributed by atoms with Gasteiger partial charge in [0.25, 0.3) is 0 Å². The van der Waals surface area contributed by atoms with Gasteiger partial charge in [0.05, 0.1) is 11.2 Å². The van der Waals surface area contributed by atoms with E-state index in [1.54, 1.807) is 0 Å². The van der Waals surface area contributed by atoms with Gasteiger partial charge in [-0.3, -0.25) is 4.90 Å². The SMILES string of the molecule is CC(c1cc(-c2ccccc2)nc2ccccc12)N1CCC(NC(C)(C)C)CC1.Cl.Cl. The number of fused-ring (bicyclic) bond motifs is 1. The number of nitrogens with one attached hydrogen (secondary N) is 1. The lowest BCUT2D eigenvalue weighted by molar-refractivity contribution is 0.143. The maximum absolute atomic E-state index is 4.96. The first-order chi connectivity index (χ1) is 13.9. The van der Waals surface area contributed by atoms with Gasteiger partial charge in [-0.05, 0) is 58.2 Å². The van der Waals surface area contributed by atoms with E-state index in [0.29, 0.717) is 12.1 Å². The van der Waals surface area contributed by atoms with Crippen LogP contribution in [-0.2, 0) is 0 Å². The third kappa shape index (κ3) is 6.20. The van der Waals surface area contributed by atoms with E-state index in [1.165, 1.54) is 29.4 Å². The molecule has 5 heteroatoms. The minimum atomic E-state index is 0. The van der Waals surface area contributed by atoms with E-state index in [1.807, 2.05) is 0 Å². The Morgan fingerprint density at radius 3 is 2.19 bits per heavy atom. The van der Waals surface area contributed by atoms with E-state index < -0.39 is 0 Å². The molecule has 1 N–H and O–H groups in total. The average molecular weight is 460 g/mol. The molecule has 0 aliphatic carbocycles. The lowest BCUT2D eigenvalue weighted by Crippen LogP contribution is -2.49. The average Bonchev–Trinajstić information content (AvgIpc) is 2.72. The van der Waals surface area contributed by atoms with Crippen LogP contribution >= 0.6 is 24.8 Å². The van der Waals surface area contributed by atoms with Gasteiger partial charge in [-0.1, -0.05) is 48.5 Å². The molecule has 3 aromatic rings. The van der Waals surface area contributed by atoms with E-state index >= 15 is 0 Å². The Morgan fingerprint density at radius 2 is 1.55 bits per heavy atom. The summed E-state index contributed by atoms with van der Waals surface area (Å²) in [4.78, 5) is 7.59. The summed E-state index contributed by atoms with van der Waals surface area (Å²) >= 11 is 0. The van der Waals surface area contributed by atoms with Crippen LogP contribution in [0.3, 0.4) is 0 Å². The summed E-state index contributed by atoms with van der Waals surface area (Å²) < 4.78 is 0. The normalized spacial score (nSPS) is 16.4. The maximum Gasteiger partial charge on any atom is 0.0713 e. The molecule has 1 unspecified atom stereocenters. The molecule has 4 rings (SSSR count). The van der Waals surface area contributed by atoms with Crippen LogP contribution in [-0.4, -0.2) is 34.6 Å². The van der Waals surface area contributed by atoms with E-state index in [0.717, 1.165) is 24.3 Å². The summed E-state index contributed by atoms with van der Waals surface area (Å²) in [6.07, 6.45) is 2.41. The minimum Gasteiger partial charge on any atom is -0.309 e. The third-order valence-electron chi connectivity index (χ3n) is 5.98. The fraction of sp³-hybridized carbons (Fsp3) is 0.423. The molecule has 1 aliphatic heterocycles. The predicted octanol–water partition coefficient (Wildman–Crippen LogP) is 6.66. The Labute approximate surface area is 199 Å². The van der Waals surface area contributed by atoms with Crippen LogP contribution in [0.4, 0.5) is 0 Å². The number of pyridine rings is 1. The fourth-order valence-electron chi connectivity index (χ4n) is 4.54. The number of hydrogen-bond donors (Lipinski definition) is 1. The standard InChI is InChI=1S/C26H33N3.2ClH/c1-19(29-16-14-21(15-17-29)28-26(2,3)4)23-18-25(20-10-6-5-7-11-20)27-24-13-9-8-12-22(23)24;;/h5-13,18-19,21,28H,14-17H2,1-4H3;2*1H. The molecule has 1 fully saturated rings. The third-order valence-corrected chi connectivity index (χ3v) is 5.98. The predicted molar refractivity (Wildman–Crippen MR) is 138 cm³/mol. The van der Waals surface area contributed by atoms with Crippen LogP contribution in [0.5, 0.6) is 0 Å². The summed E-state index contributed by atoms with van der Waals surface area (Å²) in [5, 5.41) is 5.05. The minimum absolute atomic E-state index is 0. The van der Waals surface area contributed by atoms with Gasteiger partial charge in [0.1, 0.15) is 0 Å². The van der Waals surface area contributed by atoms with Crippen LogP contribution in [0.25, 0.3) is 22.2 Å². The monoisotopic (exact) mass is 459 g/mol. The number of benzene rings is 2. The highest BCUT2D eigenvalue weighted by atomic mass is 35.5. The Bertz CT molecular complexity index is 961. The van der Waals surface area contributed by atoms with Gasteiger partial charge in [0.2, 0.25) is 0 Å². The summed E-state index contributed by atoms with van der Waals surface area (Å²) in [5.41, 5.74) is 4.90. The lowest BCUT2D eigenvalue weighted by Gasteiger charge is -2.39. The van der Waals surface area contributed by atoms with Crippen molar-refractivity contribution in [2.75, 3.05) is 13.1 Å². The van der Waals surface area contributed by atoms with Crippen LogP contribution < -0.4 is 5.32 Å². The number of para-hydroxylation sites is 1. The van der Waals surface area contributed by atoms with Crippen molar-refractivity contribution in [1.29, 1.82) is 0 Å². The summed E-state index contributed by atoms with van der Waals surface area (Å²) in [6.45, 7) is 11.4. The smallest absolute Gasteiger partial charge is 0.0713 e. The van der Waals surface area contributed by atoms with Crippen molar-refractivity contribution in [1.82, 2.24) is 15.2 Å². The summed E-state index contributed by atoms with van der Waals surface area (Å²) in [7, 11) is 0. The van der Waals surface area contributed by atoms with Crippen molar-refractivity contribution in [3.8, 4) is 11.3 Å². The summed E-state index contributed by atoms with van der Waals surface area (Å²) in [5.74, 6) is 0. The number of nitrogens with zero attached hydrogens (tertiary/aromatic N) is 2. The second-order valence-electron chi connectivity index (χ2n) is 9.36. The summed E-state index contributed by atoms with van der Waals surface area (Å²) in [6, 6.07) is 22.4. The molecule has 2 heterocycles. The molecule has 0 spiro atoms. The first-order valence-corrected chi connectivity index (χ1v) is 10.9. The zero-order chi connectivity index (χ0) is 20.4. The van der Waals surface area contributed by atoms with Crippen LogP contribution in [0.15, 0.2) is 60.7 Å². The van der Waals surface area contributed by atoms with Gasteiger partial charge < -0.3 is 5.32 Å². The number of rotatable bonds is 4. The topological polar surface area (TPSA) is 28.2 Å². The van der Waals surface area contributed by atoms with Crippen molar-refractivity contribution in [2.45, 2.75) is 58.2 Å². The molecular weight excluding hydrogens is 425 g/mol. The molecule has 3 nitrogen and oxygen atoms in total. The van der Waals surface area contributed by atoms with Crippen molar-refractivity contribution >= 4 is 35.7 Å². The van der Waals surface area contributed by atoms with E-state index in [-0.39, 0.29) is 30.4 Å². The Kier molecular flexibility index (Phi) is 8.91. The van der Waals surface area contributed by atoms with Gasteiger partial charge >= 0.3 is 0 Å². The molecule has 2 aromatic carbocycles. The molecule has 1 saturated heterocycles. The molecule has 0 radical (unpaired) electrons. The fourth-order valence-corrected chi connectivity index (χ4v) is 4.54. The van der Waals surface area contributed by atoms with E-state index in [9.17, 15) is 0 Å². The molecule has 0 saturated carbocycles. The highest BCUT2D eigenvalue weighted by Crippen LogP contribution is 2.32. The van der Waals surface area contributed by atoms with Gasteiger partial charge in [-0.15, -0.1) is 24.8 Å². The molecule has 0 amide bonds. The highest BCUT2D eigenvalue weighted by molar-refractivity contribution is 5.86. The second kappa shape index (κ2) is 10.8. The molecule has 1 aliphatic rings. The first-order valence-electron chi connectivity index (χ1n) is 10.9. The van der Waals surface area contributed by atoms with Gasteiger partial charge in [0.15, 0.2) is 0 Å². The number of likely N-dealkylation sites (tertiary alicyclic amines) is 1. The molecular formula is C26H35Cl2N3. The van der Waals surface area contributed by atoms with Crippen molar-refractivity contribution in [3.05, 3.63) is 66.2 Å². The quantitative estimate of drug-likeness (QED) is 0.472. The van der Waals surface area contributed by atoms with Crippen LogP contribution in [0.1, 0.15) is 52.1 Å². The van der Waals surface area contributed by atoms with Crippen LogP contribution in [0.2, 0.25) is 0 Å². The Hall–Kier alpha value is -1.65. The number of piperidine rings is 1. The number of halogens is 2. The van der Waals surface area contributed by atoms with E-state index in [2.05, 4.69) is 98.6 Å². The van der Waals surface area contributed by atoms with E-state index in [4.69, 9.17) is 4.98 Å². The zero-order valence-electron chi connectivity index (χ0n) is 19.0. The first kappa shape index (κ1) is 25.6. The maximum atomic E-state index is 4.96. The zero-order valence-corrected chi connectivity index (χ0v) is 20.6. The van der Waals surface area contributed by atoms with Gasteiger partial charge in [-0.25, -0.2) is 4.98 Å². The van der Waals surface area contributed by atoms with Gasteiger partial charge in [-0.2, -0.15) is 0 Å². The molecule has 168 valence electrons. The molecule has 31 heavy (non-hydrogen) atoms.